The number of rotatable bonds is 2. The van der Waals surface area contributed by atoms with Crippen LogP contribution in [-0.2, 0) is 0 Å². The molecule has 0 unspecified atom stereocenters. The van der Waals surface area contributed by atoms with Crippen molar-refractivity contribution in [3.8, 4) is 0 Å². The Kier molecular flexibility index (Phi) is 2.86. The number of hydrogen-bond donors (Lipinski definition) is 1. The lowest BCUT2D eigenvalue weighted by atomic mass is 12.0. The summed E-state index contributed by atoms with van der Waals surface area (Å²) in [7, 11) is 0. The highest BCUT2D eigenvalue weighted by atomic mass is 32.4. The van der Waals surface area contributed by atoms with Gasteiger partial charge >= 0.3 is 0 Å². The fourth-order valence-corrected chi connectivity index (χ4v) is 0.850. The molecule has 0 radical (unpaired) electrons. The van der Waals surface area contributed by atoms with Gasteiger partial charge in [-0.05, 0) is 6.26 Å². The first-order valence-electron chi connectivity index (χ1n) is 1.28. The summed E-state index contributed by atoms with van der Waals surface area (Å²) in [6, 6.07) is 0. The maximum Gasteiger partial charge on any atom is 0.284 e. The molecule has 0 saturated heterocycles. The van der Waals surface area contributed by atoms with Gasteiger partial charge in [-0.2, -0.15) is 0 Å². The average molecular weight is 151 g/mol. The van der Waals surface area contributed by atoms with Crippen LogP contribution in [0.25, 0.3) is 0 Å². The summed E-state index contributed by atoms with van der Waals surface area (Å²) in [5, 5.41) is 0. The minimum atomic E-state index is -4.96. The van der Waals surface area contributed by atoms with Gasteiger partial charge in [0, 0.05) is 0 Å². The van der Waals surface area contributed by atoms with Gasteiger partial charge in [-0.1, -0.05) is 11.9 Å². The predicted octanol–water partition coefficient (Wildman–Crippen LogP) is 2.23. The Morgan fingerprint density at radius 2 is 1.86 bits per heavy atom. The topological polar surface area (TPSA) is 12.0 Å². The first-order chi connectivity index (χ1) is 3.06. The van der Waals surface area contributed by atoms with Gasteiger partial charge in [0.05, 0.1) is 0 Å². The summed E-state index contributed by atoms with van der Waals surface area (Å²) in [5.41, 5.74) is 0. The molecule has 0 rings (SSSR count). The average Bonchev–Trinajstić information content (AvgIpc) is 1.30. The van der Waals surface area contributed by atoms with E-state index in [1.54, 1.807) is 0 Å². The number of nitrogens with one attached hydrogen (secondary N) is 1. The molecule has 0 aliphatic heterocycles. The fraction of sp³-hybridized carbons (Fsp3) is 1.00. The summed E-state index contributed by atoms with van der Waals surface area (Å²) < 4.78 is 34.3. The molecule has 0 heterocycles. The SMILES string of the molecule is CSNS(F)(F)F. The van der Waals surface area contributed by atoms with Crippen LogP contribution in [0.4, 0.5) is 11.7 Å². The fourth-order valence-electron chi connectivity index (χ4n) is 0.0945. The highest BCUT2D eigenvalue weighted by Gasteiger charge is 2.17. The Balaban J connectivity index is 3.15. The Hall–Kier alpha value is 0.450. The van der Waals surface area contributed by atoms with Gasteiger partial charge in [-0.3, -0.25) is 0 Å². The summed E-state index contributed by atoms with van der Waals surface area (Å²) in [4.78, 5) is 0. The zero-order chi connectivity index (χ0) is 5.91. The van der Waals surface area contributed by atoms with Crippen molar-refractivity contribution < 1.29 is 11.7 Å². The third-order valence-electron chi connectivity index (χ3n) is 0.178. The second-order valence-electron chi connectivity index (χ2n) is 0.694. The summed E-state index contributed by atoms with van der Waals surface area (Å²) in [6.07, 6.45) is 1.33. The van der Waals surface area contributed by atoms with E-state index in [0.717, 1.165) is 0 Å². The molecule has 0 atom stereocenters. The molecule has 0 saturated carbocycles. The molecule has 0 fully saturated rings. The van der Waals surface area contributed by atoms with E-state index in [0.29, 0.717) is 11.9 Å². The Labute approximate surface area is 46.1 Å². The van der Waals surface area contributed by atoms with E-state index in [1.165, 1.54) is 10.4 Å². The number of halogens is 3. The number of hydrogen-bond acceptors (Lipinski definition) is 2. The monoisotopic (exact) mass is 151 g/mol. The molecule has 6 heteroatoms. The van der Waals surface area contributed by atoms with E-state index in [2.05, 4.69) is 0 Å². The van der Waals surface area contributed by atoms with Gasteiger partial charge in [0.25, 0.3) is 11.4 Å². The Morgan fingerprint density at radius 3 is 1.86 bits per heavy atom. The molecule has 0 aromatic heterocycles. The van der Waals surface area contributed by atoms with Gasteiger partial charge in [0.15, 0.2) is 0 Å². The van der Waals surface area contributed by atoms with Crippen molar-refractivity contribution >= 4 is 23.3 Å². The molecule has 0 aromatic rings. The molecule has 1 nitrogen and oxygen atoms in total. The molecule has 0 bridgehead atoms. The zero-order valence-electron chi connectivity index (χ0n) is 3.45. The molecule has 0 spiro atoms. The molecule has 7 heavy (non-hydrogen) atoms. The van der Waals surface area contributed by atoms with Gasteiger partial charge in [-0.25, -0.2) is 0 Å². The van der Waals surface area contributed by atoms with E-state index in [9.17, 15) is 11.7 Å². The van der Waals surface area contributed by atoms with Gasteiger partial charge in [-0.15, -0.1) is 15.8 Å². The van der Waals surface area contributed by atoms with Crippen LogP contribution in [-0.4, -0.2) is 6.26 Å². The molecular weight excluding hydrogens is 147 g/mol. The van der Waals surface area contributed by atoms with E-state index in [1.807, 2.05) is 0 Å². The lowest BCUT2D eigenvalue weighted by molar-refractivity contribution is 0.630. The first-order valence-corrected chi connectivity index (χ1v) is 3.84. The molecule has 0 amide bonds. The van der Waals surface area contributed by atoms with Crippen LogP contribution >= 0.6 is 23.3 Å². The van der Waals surface area contributed by atoms with E-state index < -0.39 is 11.4 Å². The molecule has 1 N–H and O–H groups in total. The van der Waals surface area contributed by atoms with Crippen LogP contribution in [0.5, 0.6) is 0 Å². The molecule has 0 aromatic carbocycles. The maximum absolute atomic E-state index is 11.0. The van der Waals surface area contributed by atoms with E-state index in [4.69, 9.17) is 0 Å². The van der Waals surface area contributed by atoms with Gasteiger partial charge in [0.1, 0.15) is 0 Å². The van der Waals surface area contributed by atoms with Crippen molar-refractivity contribution in [2.75, 3.05) is 6.26 Å². The first kappa shape index (κ1) is 7.45. The summed E-state index contributed by atoms with van der Waals surface area (Å²) in [5.74, 6) is 0. The third-order valence-corrected chi connectivity index (χ3v) is 1.60. The van der Waals surface area contributed by atoms with Gasteiger partial charge in [0.2, 0.25) is 0 Å². The standard InChI is InChI=1S/CH4F3NS2/c1-6-5-7(2,3)4/h5H,1H3. The van der Waals surface area contributed by atoms with Crippen LogP contribution in [0, 0.1) is 0 Å². The second kappa shape index (κ2) is 2.68. The zero-order valence-corrected chi connectivity index (χ0v) is 5.08. The van der Waals surface area contributed by atoms with Crippen molar-refractivity contribution in [2.24, 2.45) is 0 Å². The van der Waals surface area contributed by atoms with Crippen molar-refractivity contribution in [1.82, 2.24) is 4.13 Å². The minimum Gasteiger partial charge on any atom is -0.150 e. The van der Waals surface area contributed by atoms with Crippen molar-refractivity contribution in [1.29, 1.82) is 0 Å². The van der Waals surface area contributed by atoms with Gasteiger partial charge < -0.3 is 0 Å². The lowest BCUT2D eigenvalue weighted by Gasteiger charge is -2.06. The normalized spacial score (nSPS) is 14.3. The molecule has 46 valence electrons. The smallest absolute Gasteiger partial charge is 0.150 e. The maximum atomic E-state index is 11.0. The van der Waals surface area contributed by atoms with Crippen LogP contribution in [0.15, 0.2) is 0 Å². The summed E-state index contributed by atoms with van der Waals surface area (Å²) in [6.45, 7) is 0. The van der Waals surface area contributed by atoms with Crippen LogP contribution in [0.2, 0.25) is 0 Å². The largest absolute Gasteiger partial charge is 0.284 e. The van der Waals surface area contributed by atoms with Crippen LogP contribution in [0.3, 0.4) is 0 Å². The van der Waals surface area contributed by atoms with E-state index in [-0.39, 0.29) is 0 Å². The van der Waals surface area contributed by atoms with Crippen LogP contribution < -0.4 is 4.13 Å². The second-order valence-corrected chi connectivity index (χ2v) is 2.58. The Bertz CT molecular complexity index is 51.4. The summed E-state index contributed by atoms with van der Waals surface area (Å²) >= 11 is -4.39. The molecule has 0 aliphatic rings. The van der Waals surface area contributed by atoms with Crippen LogP contribution in [0.1, 0.15) is 0 Å². The lowest BCUT2D eigenvalue weighted by Crippen LogP contribution is -1.95. The minimum absolute atomic E-state index is 0.571. The Morgan fingerprint density at radius 1 is 1.43 bits per heavy atom. The van der Waals surface area contributed by atoms with Crippen molar-refractivity contribution in [2.45, 2.75) is 0 Å². The highest BCUT2D eigenvalue weighted by Crippen LogP contribution is 2.49. The van der Waals surface area contributed by atoms with E-state index >= 15 is 0 Å². The molecular formula is CH4F3NS2. The third kappa shape index (κ3) is 6.45. The van der Waals surface area contributed by atoms with Crippen molar-refractivity contribution in [3.05, 3.63) is 0 Å². The highest BCUT2D eigenvalue weighted by molar-refractivity contribution is 8.26. The predicted molar refractivity (Wildman–Crippen MR) is 27.6 cm³/mol. The molecule has 0 aliphatic carbocycles. The van der Waals surface area contributed by atoms with Crippen molar-refractivity contribution in [3.63, 3.8) is 0 Å². The quantitative estimate of drug-likeness (QED) is 0.607.